The van der Waals surface area contributed by atoms with Crippen LogP contribution in [0.2, 0.25) is 0 Å². The molecule has 1 spiro atoms. The second kappa shape index (κ2) is 5.71. The Morgan fingerprint density at radius 3 is 2.59 bits per heavy atom. The minimum Gasteiger partial charge on any atom is -0.375 e. The van der Waals surface area contributed by atoms with Crippen LogP contribution in [0.25, 0.3) is 0 Å². The van der Waals surface area contributed by atoms with Gasteiger partial charge in [-0.25, -0.2) is 0 Å². The topological polar surface area (TPSA) is 21.3 Å². The molecule has 2 nitrogen and oxygen atoms in total. The predicted molar refractivity (Wildman–Crippen MR) is 72.2 cm³/mol. The van der Waals surface area contributed by atoms with Gasteiger partial charge in [-0.3, -0.25) is 0 Å². The van der Waals surface area contributed by atoms with Gasteiger partial charge in [0.05, 0.1) is 5.60 Å². The molecule has 2 aliphatic rings. The lowest BCUT2D eigenvalue weighted by Crippen LogP contribution is -2.48. The van der Waals surface area contributed by atoms with E-state index >= 15 is 0 Å². The molecular formula is C15H29NO. The Morgan fingerprint density at radius 2 is 1.94 bits per heavy atom. The highest BCUT2D eigenvalue weighted by Crippen LogP contribution is 2.40. The predicted octanol–water partition coefficient (Wildman–Crippen LogP) is 3.50. The van der Waals surface area contributed by atoms with E-state index in [-0.39, 0.29) is 5.60 Å². The van der Waals surface area contributed by atoms with Crippen molar-refractivity contribution < 1.29 is 4.74 Å². The lowest BCUT2D eigenvalue weighted by Gasteiger charge is -2.39. The Labute approximate surface area is 107 Å². The maximum absolute atomic E-state index is 6.08. The SMILES string of the molecule is CC(C)CC(C)NC1CCOC2(CCCC2)C1. The molecule has 100 valence electrons. The third-order valence-corrected chi connectivity index (χ3v) is 4.35. The molecule has 0 aromatic carbocycles. The monoisotopic (exact) mass is 239 g/mol. The second-order valence-electron chi connectivity index (χ2n) is 6.63. The van der Waals surface area contributed by atoms with Crippen LogP contribution in [0.15, 0.2) is 0 Å². The van der Waals surface area contributed by atoms with Crippen molar-refractivity contribution in [3.63, 3.8) is 0 Å². The molecule has 0 radical (unpaired) electrons. The summed E-state index contributed by atoms with van der Waals surface area (Å²) in [4.78, 5) is 0. The van der Waals surface area contributed by atoms with E-state index < -0.39 is 0 Å². The minimum absolute atomic E-state index is 0.257. The molecule has 1 N–H and O–H groups in total. The highest BCUT2D eigenvalue weighted by Gasteiger charge is 2.39. The zero-order chi connectivity index (χ0) is 12.3. The average molecular weight is 239 g/mol. The molecule has 2 unspecified atom stereocenters. The van der Waals surface area contributed by atoms with E-state index in [1.54, 1.807) is 0 Å². The van der Waals surface area contributed by atoms with Gasteiger partial charge in [-0.15, -0.1) is 0 Å². The first-order chi connectivity index (χ1) is 8.10. The van der Waals surface area contributed by atoms with Gasteiger partial charge in [0.15, 0.2) is 0 Å². The van der Waals surface area contributed by atoms with Crippen LogP contribution in [-0.2, 0) is 4.74 Å². The highest BCUT2D eigenvalue weighted by atomic mass is 16.5. The van der Waals surface area contributed by atoms with Crippen molar-refractivity contribution in [1.82, 2.24) is 5.32 Å². The number of ether oxygens (including phenoxy) is 1. The van der Waals surface area contributed by atoms with Gasteiger partial charge in [-0.1, -0.05) is 26.7 Å². The van der Waals surface area contributed by atoms with Crippen molar-refractivity contribution in [3.05, 3.63) is 0 Å². The fraction of sp³-hybridized carbons (Fsp3) is 1.00. The molecule has 0 aromatic heterocycles. The summed E-state index contributed by atoms with van der Waals surface area (Å²) >= 11 is 0. The first-order valence-corrected chi connectivity index (χ1v) is 7.50. The van der Waals surface area contributed by atoms with Gasteiger partial charge in [0, 0.05) is 18.7 Å². The van der Waals surface area contributed by atoms with Crippen molar-refractivity contribution in [2.75, 3.05) is 6.61 Å². The maximum atomic E-state index is 6.08. The fourth-order valence-corrected chi connectivity index (χ4v) is 3.72. The molecule has 1 heterocycles. The van der Waals surface area contributed by atoms with Crippen molar-refractivity contribution in [3.8, 4) is 0 Å². The van der Waals surface area contributed by atoms with Crippen LogP contribution in [0, 0.1) is 5.92 Å². The maximum Gasteiger partial charge on any atom is 0.0697 e. The van der Waals surface area contributed by atoms with E-state index in [1.807, 2.05) is 0 Å². The number of rotatable bonds is 4. The minimum atomic E-state index is 0.257. The summed E-state index contributed by atoms with van der Waals surface area (Å²) in [6.45, 7) is 7.91. The van der Waals surface area contributed by atoms with Gasteiger partial charge in [0.25, 0.3) is 0 Å². The standard InChI is InChI=1S/C15H29NO/c1-12(2)10-13(3)16-14-6-9-17-15(11-14)7-4-5-8-15/h12-14,16H,4-11H2,1-3H3. The molecule has 2 fully saturated rings. The Hall–Kier alpha value is -0.0800. The van der Waals surface area contributed by atoms with E-state index in [4.69, 9.17) is 4.74 Å². The summed E-state index contributed by atoms with van der Waals surface area (Å²) in [6, 6.07) is 1.34. The highest BCUT2D eigenvalue weighted by molar-refractivity contribution is 4.94. The average Bonchev–Trinajstić information content (AvgIpc) is 2.64. The number of hydrogen-bond acceptors (Lipinski definition) is 2. The van der Waals surface area contributed by atoms with E-state index in [2.05, 4.69) is 26.1 Å². The van der Waals surface area contributed by atoms with Crippen LogP contribution >= 0.6 is 0 Å². The molecular weight excluding hydrogens is 210 g/mol. The lowest BCUT2D eigenvalue weighted by atomic mass is 9.88. The molecule has 1 saturated heterocycles. The molecule has 2 rings (SSSR count). The Balaban J connectivity index is 1.81. The molecule has 2 atom stereocenters. The Bertz CT molecular complexity index is 233. The van der Waals surface area contributed by atoms with Crippen LogP contribution in [0.4, 0.5) is 0 Å². The normalized spacial score (nSPS) is 30.0. The van der Waals surface area contributed by atoms with Gasteiger partial charge in [-0.2, -0.15) is 0 Å². The molecule has 17 heavy (non-hydrogen) atoms. The largest absolute Gasteiger partial charge is 0.375 e. The zero-order valence-electron chi connectivity index (χ0n) is 11.8. The zero-order valence-corrected chi connectivity index (χ0v) is 11.8. The van der Waals surface area contributed by atoms with Crippen molar-refractivity contribution >= 4 is 0 Å². The molecule has 0 amide bonds. The van der Waals surface area contributed by atoms with Gasteiger partial charge in [0.2, 0.25) is 0 Å². The molecule has 0 aromatic rings. The van der Waals surface area contributed by atoms with Crippen LogP contribution in [0.1, 0.15) is 65.7 Å². The van der Waals surface area contributed by atoms with Crippen molar-refractivity contribution in [2.24, 2.45) is 5.92 Å². The van der Waals surface area contributed by atoms with Gasteiger partial charge in [0.1, 0.15) is 0 Å². The number of hydrogen-bond donors (Lipinski definition) is 1. The first-order valence-electron chi connectivity index (χ1n) is 7.50. The van der Waals surface area contributed by atoms with E-state index in [0.717, 1.165) is 12.5 Å². The second-order valence-corrected chi connectivity index (χ2v) is 6.63. The van der Waals surface area contributed by atoms with Gasteiger partial charge in [-0.05, 0) is 44.9 Å². The Kier molecular flexibility index (Phi) is 4.48. The smallest absolute Gasteiger partial charge is 0.0697 e. The molecule has 1 saturated carbocycles. The summed E-state index contributed by atoms with van der Waals surface area (Å²) in [7, 11) is 0. The van der Waals surface area contributed by atoms with Crippen LogP contribution in [0.5, 0.6) is 0 Å². The lowest BCUT2D eigenvalue weighted by molar-refractivity contribution is -0.0847. The van der Waals surface area contributed by atoms with Gasteiger partial charge >= 0.3 is 0 Å². The van der Waals surface area contributed by atoms with E-state index in [9.17, 15) is 0 Å². The quantitative estimate of drug-likeness (QED) is 0.810. The van der Waals surface area contributed by atoms with Crippen LogP contribution < -0.4 is 5.32 Å². The summed E-state index contributed by atoms with van der Waals surface area (Å²) in [6.07, 6.45) is 9.06. The summed E-state index contributed by atoms with van der Waals surface area (Å²) in [5.41, 5.74) is 0.257. The fourth-order valence-electron chi connectivity index (χ4n) is 3.72. The van der Waals surface area contributed by atoms with E-state index in [0.29, 0.717) is 12.1 Å². The number of nitrogens with one attached hydrogen (secondary N) is 1. The van der Waals surface area contributed by atoms with Crippen molar-refractivity contribution in [2.45, 2.75) is 83.4 Å². The molecule has 2 heteroatoms. The third-order valence-electron chi connectivity index (χ3n) is 4.35. The summed E-state index contributed by atoms with van der Waals surface area (Å²) in [5.74, 6) is 0.790. The van der Waals surface area contributed by atoms with Crippen LogP contribution in [0.3, 0.4) is 0 Å². The summed E-state index contributed by atoms with van der Waals surface area (Å²) in [5, 5.41) is 3.82. The molecule has 1 aliphatic carbocycles. The van der Waals surface area contributed by atoms with E-state index in [1.165, 1.54) is 44.9 Å². The first kappa shape index (κ1) is 13.4. The van der Waals surface area contributed by atoms with Crippen molar-refractivity contribution in [1.29, 1.82) is 0 Å². The Morgan fingerprint density at radius 1 is 1.24 bits per heavy atom. The summed E-state index contributed by atoms with van der Waals surface area (Å²) < 4.78 is 6.08. The molecule has 0 bridgehead atoms. The third kappa shape index (κ3) is 3.69. The molecule has 1 aliphatic heterocycles. The van der Waals surface area contributed by atoms with Gasteiger partial charge < -0.3 is 10.1 Å². The van der Waals surface area contributed by atoms with Crippen LogP contribution in [-0.4, -0.2) is 24.3 Å².